The number of rotatable bonds is 5. The van der Waals surface area contributed by atoms with Crippen LogP contribution >= 0.6 is 11.3 Å². The molecule has 2 heterocycles. The van der Waals surface area contributed by atoms with E-state index in [4.69, 9.17) is 0 Å². The monoisotopic (exact) mass is 342 g/mol. The van der Waals surface area contributed by atoms with Gasteiger partial charge < -0.3 is 15.3 Å². The molecule has 0 amide bonds. The number of nitrogens with one attached hydrogen (secondary N) is 1. The van der Waals surface area contributed by atoms with Gasteiger partial charge >= 0.3 is 0 Å². The fraction of sp³-hybridized carbons (Fsp3) is 0.444. The SMILES string of the molecule is CCc1nc(CNc2ccc(N3CCC(O)CC3)c(C#N)c2)cs1. The number of anilines is 2. The van der Waals surface area contributed by atoms with E-state index in [1.54, 1.807) is 11.3 Å². The van der Waals surface area contributed by atoms with Gasteiger partial charge in [0.2, 0.25) is 0 Å². The summed E-state index contributed by atoms with van der Waals surface area (Å²) in [5.74, 6) is 0. The van der Waals surface area contributed by atoms with Crippen molar-refractivity contribution in [3.8, 4) is 6.07 Å². The Balaban J connectivity index is 1.68. The minimum absolute atomic E-state index is 0.209. The molecule has 1 saturated heterocycles. The zero-order valence-electron chi connectivity index (χ0n) is 13.8. The van der Waals surface area contributed by atoms with Gasteiger partial charge in [0.15, 0.2) is 0 Å². The fourth-order valence-electron chi connectivity index (χ4n) is 2.90. The average molecular weight is 342 g/mol. The Morgan fingerprint density at radius 2 is 2.21 bits per heavy atom. The lowest BCUT2D eigenvalue weighted by molar-refractivity contribution is 0.145. The molecule has 0 radical (unpaired) electrons. The van der Waals surface area contributed by atoms with Crippen LogP contribution in [0.1, 0.15) is 36.0 Å². The lowest BCUT2D eigenvalue weighted by atomic mass is 10.0. The summed E-state index contributed by atoms with van der Waals surface area (Å²) in [5, 5.41) is 25.7. The molecule has 0 saturated carbocycles. The van der Waals surface area contributed by atoms with Crippen LogP contribution in [-0.2, 0) is 13.0 Å². The van der Waals surface area contributed by atoms with Crippen molar-refractivity contribution in [2.45, 2.75) is 38.8 Å². The number of aliphatic hydroxyl groups is 1. The normalized spacial score (nSPS) is 15.3. The molecule has 6 heteroatoms. The van der Waals surface area contributed by atoms with Crippen LogP contribution in [0.5, 0.6) is 0 Å². The second-order valence-corrected chi connectivity index (χ2v) is 6.94. The van der Waals surface area contributed by atoms with Gasteiger partial charge in [-0.15, -0.1) is 11.3 Å². The van der Waals surface area contributed by atoms with E-state index in [1.807, 2.05) is 18.2 Å². The summed E-state index contributed by atoms with van der Waals surface area (Å²) in [4.78, 5) is 6.73. The minimum atomic E-state index is -0.209. The Hall–Kier alpha value is -2.10. The molecule has 2 aromatic rings. The molecule has 1 aromatic heterocycles. The number of nitriles is 1. The molecule has 1 fully saturated rings. The van der Waals surface area contributed by atoms with Crippen LogP contribution in [0.25, 0.3) is 0 Å². The molecule has 5 nitrogen and oxygen atoms in total. The van der Waals surface area contributed by atoms with E-state index in [-0.39, 0.29) is 6.10 Å². The highest BCUT2D eigenvalue weighted by atomic mass is 32.1. The van der Waals surface area contributed by atoms with E-state index in [1.165, 1.54) is 0 Å². The van der Waals surface area contributed by atoms with Gasteiger partial charge in [0.1, 0.15) is 6.07 Å². The van der Waals surface area contributed by atoms with Crippen molar-refractivity contribution >= 4 is 22.7 Å². The van der Waals surface area contributed by atoms with Gasteiger partial charge in [-0.3, -0.25) is 0 Å². The summed E-state index contributed by atoms with van der Waals surface area (Å²) < 4.78 is 0. The summed E-state index contributed by atoms with van der Waals surface area (Å²) >= 11 is 1.68. The van der Waals surface area contributed by atoms with Crippen molar-refractivity contribution in [3.05, 3.63) is 39.8 Å². The van der Waals surface area contributed by atoms with Gasteiger partial charge in [-0.2, -0.15) is 5.26 Å². The van der Waals surface area contributed by atoms with Crippen LogP contribution in [0.4, 0.5) is 11.4 Å². The quantitative estimate of drug-likeness (QED) is 0.873. The van der Waals surface area contributed by atoms with Crippen LogP contribution < -0.4 is 10.2 Å². The summed E-state index contributed by atoms with van der Waals surface area (Å²) in [6.45, 7) is 4.35. The zero-order chi connectivity index (χ0) is 16.9. The Labute approximate surface area is 146 Å². The van der Waals surface area contributed by atoms with Gasteiger partial charge in [-0.25, -0.2) is 4.98 Å². The van der Waals surface area contributed by atoms with Crippen molar-refractivity contribution in [1.82, 2.24) is 4.98 Å². The number of aromatic nitrogens is 1. The molecule has 0 spiro atoms. The first-order valence-electron chi connectivity index (χ1n) is 8.34. The van der Waals surface area contributed by atoms with Crippen LogP contribution in [0.3, 0.4) is 0 Å². The molecule has 0 unspecified atom stereocenters. The van der Waals surface area contributed by atoms with Crippen molar-refractivity contribution in [2.75, 3.05) is 23.3 Å². The third-order valence-corrected chi connectivity index (χ3v) is 5.34. The van der Waals surface area contributed by atoms with Gasteiger partial charge in [-0.05, 0) is 37.5 Å². The fourth-order valence-corrected chi connectivity index (χ4v) is 3.65. The van der Waals surface area contributed by atoms with Crippen molar-refractivity contribution in [1.29, 1.82) is 5.26 Å². The molecule has 2 N–H and O–H groups in total. The van der Waals surface area contributed by atoms with E-state index in [0.717, 1.165) is 54.4 Å². The van der Waals surface area contributed by atoms with Crippen LogP contribution in [-0.4, -0.2) is 29.3 Å². The largest absolute Gasteiger partial charge is 0.393 e. The summed E-state index contributed by atoms with van der Waals surface area (Å²) in [7, 11) is 0. The molecular weight excluding hydrogens is 320 g/mol. The molecule has 126 valence electrons. The maximum Gasteiger partial charge on any atom is 0.101 e. The highest BCUT2D eigenvalue weighted by Gasteiger charge is 2.19. The number of aliphatic hydroxyl groups excluding tert-OH is 1. The average Bonchev–Trinajstić information content (AvgIpc) is 3.08. The number of thiazole rings is 1. The molecule has 1 aliphatic rings. The number of piperidine rings is 1. The van der Waals surface area contributed by atoms with Gasteiger partial charge in [0, 0.05) is 24.2 Å². The first-order valence-corrected chi connectivity index (χ1v) is 9.22. The summed E-state index contributed by atoms with van der Waals surface area (Å²) in [5.41, 5.74) is 3.59. The number of nitrogens with zero attached hydrogens (tertiary/aromatic N) is 3. The Kier molecular flexibility index (Phi) is 5.34. The van der Waals surface area contributed by atoms with Gasteiger partial charge in [0.25, 0.3) is 0 Å². The summed E-state index contributed by atoms with van der Waals surface area (Å²) in [6.07, 6.45) is 2.27. The highest BCUT2D eigenvalue weighted by molar-refractivity contribution is 7.09. The molecular formula is C18H22N4OS. The minimum Gasteiger partial charge on any atom is -0.393 e. The lowest BCUT2D eigenvalue weighted by Crippen LogP contribution is -2.36. The highest BCUT2D eigenvalue weighted by Crippen LogP contribution is 2.27. The second-order valence-electron chi connectivity index (χ2n) is 6.00. The Morgan fingerprint density at radius 1 is 1.42 bits per heavy atom. The second kappa shape index (κ2) is 7.65. The Bertz CT molecular complexity index is 729. The van der Waals surface area contributed by atoms with Gasteiger partial charge in [-0.1, -0.05) is 6.92 Å². The molecule has 0 atom stereocenters. The van der Waals surface area contributed by atoms with Crippen molar-refractivity contribution in [2.24, 2.45) is 0 Å². The number of aryl methyl sites for hydroxylation is 1. The first-order chi connectivity index (χ1) is 11.7. The van der Waals surface area contributed by atoms with Crippen molar-refractivity contribution < 1.29 is 5.11 Å². The molecule has 1 aromatic carbocycles. The van der Waals surface area contributed by atoms with E-state index >= 15 is 0 Å². The molecule has 24 heavy (non-hydrogen) atoms. The van der Waals surface area contributed by atoms with Crippen LogP contribution in [0, 0.1) is 11.3 Å². The standard InChI is InChI=1S/C18H22N4OS/c1-2-18-21-15(12-24-18)11-20-14-3-4-17(13(9-14)10-19)22-7-5-16(23)6-8-22/h3-4,9,12,16,20,23H,2,5-8,11H2,1H3. The summed E-state index contributed by atoms with van der Waals surface area (Å²) in [6, 6.07) is 8.20. The molecule has 1 aliphatic heterocycles. The van der Waals surface area contributed by atoms with Crippen LogP contribution in [0.2, 0.25) is 0 Å². The number of hydrogen-bond donors (Lipinski definition) is 2. The third-order valence-electron chi connectivity index (χ3n) is 4.30. The van der Waals surface area contributed by atoms with Crippen LogP contribution in [0.15, 0.2) is 23.6 Å². The maximum atomic E-state index is 9.64. The zero-order valence-corrected chi connectivity index (χ0v) is 14.6. The smallest absolute Gasteiger partial charge is 0.101 e. The first kappa shape index (κ1) is 16.7. The van der Waals surface area contributed by atoms with Gasteiger partial charge in [0.05, 0.1) is 34.6 Å². The Morgan fingerprint density at radius 3 is 2.88 bits per heavy atom. The topological polar surface area (TPSA) is 72.2 Å². The predicted octanol–water partition coefficient (Wildman–Crippen LogP) is 3.15. The predicted molar refractivity (Wildman–Crippen MR) is 97.4 cm³/mol. The van der Waals surface area contributed by atoms with E-state index < -0.39 is 0 Å². The van der Waals surface area contributed by atoms with E-state index in [0.29, 0.717) is 12.1 Å². The number of benzene rings is 1. The molecule has 0 aliphatic carbocycles. The van der Waals surface area contributed by atoms with Crippen molar-refractivity contribution in [3.63, 3.8) is 0 Å². The molecule has 0 bridgehead atoms. The third kappa shape index (κ3) is 3.86. The lowest BCUT2D eigenvalue weighted by Gasteiger charge is -2.32. The molecule has 3 rings (SSSR count). The maximum absolute atomic E-state index is 9.64. The van der Waals surface area contributed by atoms with E-state index in [9.17, 15) is 10.4 Å². The van der Waals surface area contributed by atoms with E-state index in [2.05, 4.69) is 33.6 Å². The number of hydrogen-bond acceptors (Lipinski definition) is 6.